The van der Waals surface area contributed by atoms with E-state index in [4.69, 9.17) is 34.8 Å². The molecule has 0 aliphatic carbocycles. The lowest BCUT2D eigenvalue weighted by Crippen LogP contribution is -2.53. The Kier molecular flexibility index (Phi) is 12.5. The molecular formula is C35H36Cl3N3O4S. The highest BCUT2D eigenvalue weighted by molar-refractivity contribution is 7.92. The summed E-state index contributed by atoms with van der Waals surface area (Å²) in [4.78, 5) is 29.9. The Bertz CT molecular complexity index is 1740. The molecule has 0 unspecified atom stereocenters. The zero-order valence-corrected chi connectivity index (χ0v) is 28.7. The number of amides is 2. The standard InChI is InChI=1S/C35H36Cl3N3O4S/c1-3-4-21-39-35(43)33(22-26-13-7-5-8-14-26)40(23-28-30(37)18-11-19-31(28)38)34(42)24-41(32-20-12-17-29(36)25(32)2)46(44,45)27-15-9-6-10-16-27/h5-20,33H,3-4,21-24H2,1-2H3,(H,39,43)/t33-/m0/s1. The molecule has 11 heteroatoms. The van der Waals surface area contributed by atoms with Crippen molar-refractivity contribution in [3.05, 3.63) is 129 Å². The van der Waals surface area contributed by atoms with Crippen LogP contribution >= 0.6 is 34.8 Å². The molecule has 1 atom stereocenters. The molecule has 4 rings (SSSR count). The summed E-state index contributed by atoms with van der Waals surface area (Å²) in [5.41, 5.74) is 1.98. The molecule has 0 fully saturated rings. The first-order chi connectivity index (χ1) is 22.0. The lowest BCUT2D eigenvalue weighted by molar-refractivity contribution is -0.140. The number of nitrogens with one attached hydrogen (secondary N) is 1. The smallest absolute Gasteiger partial charge is 0.264 e. The SMILES string of the molecule is CCCCNC(=O)[C@H](Cc1ccccc1)N(Cc1c(Cl)cccc1Cl)C(=O)CN(c1cccc(Cl)c1C)S(=O)(=O)c1ccccc1. The van der Waals surface area contributed by atoms with Crippen LogP contribution in [0, 0.1) is 6.92 Å². The number of hydrogen-bond donors (Lipinski definition) is 1. The average Bonchev–Trinajstić information content (AvgIpc) is 3.05. The summed E-state index contributed by atoms with van der Waals surface area (Å²) in [6.07, 6.45) is 1.80. The highest BCUT2D eigenvalue weighted by atomic mass is 35.5. The predicted octanol–water partition coefficient (Wildman–Crippen LogP) is 7.71. The van der Waals surface area contributed by atoms with E-state index in [1.54, 1.807) is 61.5 Å². The molecule has 0 aliphatic heterocycles. The van der Waals surface area contributed by atoms with Gasteiger partial charge in [0.15, 0.2) is 0 Å². The van der Waals surface area contributed by atoms with Gasteiger partial charge >= 0.3 is 0 Å². The summed E-state index contributed by atoms with van der Waals surface area (Å²) in [6.45, 7) is 3.38. The Hall–Kier alpha value is -3.56. The number of rotatable bonds is 14. The Morgan fingerprint density at radius 2 is 1.39 bits per heavy atom. The molecule has 7 nitrogen and oxygen atoms in total. The van der Waals surface area contributed by atoms with Crippen LogP contribution in [-0.4, -0.2) is 44.3 Å². The number of hydrogen-bond acceptors (Lipinski definition) is 4. The van der Waals surface area contributed by atoms with Crippen LogP contribution in [-0.2, 0) is 32.6 Å². The topological polar surface area (TPSA) is 86.8 Å². The molecule has 0 aromatic heterocycles. The maximum atomic E-state index is 14.6. The van der Waals surface area contributed by atoms with Crippen molar-refractivity contribution in [3.8, 4) is 0 Å². The molecule has 242 valence electrons. The van der Waals surface area contributed by atoms with Gasteiger partial charge in [0.2, 0.25) is 11.8 Å². The molecule has 0 heterocycles. The second-order valence-electron chi connectivity index (χ2n) is 10.8. The summed E-state index contributed by atoms with van der Waals surface area (Å²) in [6, 6.07) is 26.0. The average molecular weight is 701 g/mol. The minimum absolute atomic E-state index is 0.000943. The molecule has 0 saturated heterocycles. The molecule has 0 bridgehead atoms. The van der Waals surface area contributed by atoms with E-state index in [1.165, 1.54) is 17.0 Å². The van der Waals surface area contributed by atoms with Crippen LogP contribution < -0.4 is 9.62 Å². The fourth-order valence-corrected chi connectivity index (χ4v) is 7.19. The lowest BCUT2D eigenvalue weighted by atomic mass is 10.0. The van der Waals surface area contributed by atoms with Crippen LogP contribution in [0.1, 0.15) is 36.5 Å². The molecule has 0 saturated carbocycles. The first-order valence-corrected chi connectivity index (χ1v) is 17.5. The molecule has 0 aliphatic rings. The molecule has 1 N–H and O–H groups in total. The Balaban J connectivity index is 1.85. The number of anilines is 1. The van der Waals surface area contributed by atoms with Gasteiger partial charge in [-0.05, 0) is 60.9 Å². The first kappa shape index (κ1) is 35.3. The molecule has 46 heavy (non-hydrogen) atoms. The Morgan fingerprint density at radius 1 is 0.804 bits per heavy atom. The maximum Gasteiger partial charge on any atom is 0.264 e. The summed E-state index contributed by atoms with van der Waals surface area (Å²) in [5.74, 6) is -0.994. The van der Waals surface area contributed by atoms with Gasteiger partial charge in [0.25, 0.3) is 10.0 Å². The zero-order valence-electron chi connectivity index (χ0n) is 25.6. The highest BCUT2D eigenvalue weighted by Crippen LogP contribution is 2.32. The van der Waals surface area contributed by atoms with E-state index in [-0.39, 0.29) is 29.5 Å². The number of sulfonamides is 1. The molecule has 4 aromatic rings. The van der Waals surface area contributed by atoms with Gasteiger partial charge in [0.1, 0.15) is 12.6 Å². The second kappa shape index (κ2) is 16.3. The van der Waals surface area contributed by atoms with Crippen LogP contribution in [0.5, 0.6) is 0 Å². The van der Waals surface area contributed by atoms with Gasteiger partial charge < -0.3 is 10.2 Å². The monoisotopic (exact) mass is 699 g/mol. The summed E-state index contributed by atoms with van der Waals surface area (Å²) >= 11 is 19.6. The van der Waals surface area contributed by atoms with E-state index in [9.17, 15) is 18.0 Å². The van der Waals surface area contributed by atoms with Crippen molar-refractivity contribution in [2.45, 2.75) is 50.6 Å². The number of carbonyl (C=O) groups excluding carboxylic acids is 2. The van der Waals surface area contributed by atoms with Crippen molar-refractivity contribution in [1.82, 2.24) is 10.2 Å². The number of benzene rings is 4. The van der Waals surface area contributed by atoms with Crippen LogP contribution in [0.4, 0.5) is 5.69 Å². The fraction of sp³-hybridized carbons (Fsp3) is 0.257. The van der Waals surface area contributed by atoms with Crippen molar-refractivity contribution >= 4 is 62.3 Å². The van der Waals surface area contributed by atoms with E-state index >= 15 is 0 Å². The van der Waals surface area contributed by atoms with Crippen molar-refractivity contribution in [2.24, 2.45) is 0 Å². The second-order valence-corrected chi connectivity index (χ2v) is 13.9. The van der Waals surface area contributed by atoms with E-state index < -0.39 is 28.5 Å². The Morgan fingerprint density at radius 3 is 2.02 bits per heavy atom. The molecule has 4 aromatic carbocycles. The first-order valence-electron chi connectivity index (χ1n) is 14.9. The predicted molar refractivity (Wildman–Crippen MR) is 186 cm³/mol. The lowest BCUT2D eigenvalue weighted by Gasteiger charge is -2.34. The van der Waals surface area contributed by atoms with E-state index in [2.05, 4.69) is 5.32 Å². The van der Waals surface area contributed by atoms with Crippen molar-refractivity contribution < 1.29 is 18.0 Å². The van der Waals surface area contributed by atoms with Gasteiger partial charge in [-0.1, -0.05) is 109 Å². The van der Waals surface area contributed by atoms with Crippen LogP contribution in [0.25, 0.3) is 0 Å². The van der Waals surface area contributed by atoms with Crippen LogP contribution in [0.2, 0.25) is 15.1 Å². The van der Waals surface area contributed by atoms with E-state index in [1.807, 2.05) is 37.3 Å². The minimum Gasteiger partial charge on any atom is -0.354 e. The van der Waals surface area contributed by atoms with Crippen molar-refractivity contribution in [2.75, 3.05) is 17.4 Å². The highest BCUT2D eigenvalue weighted by Gasteiger charge is 2.35. The largest absolute Gasteiger partial charge is 0.354 e. The summed E-state index contributed by atoms with van der Waals surface area (Å²) < 4.78 is 29.4. The fourth-order valence-electron chi connectivity index (χ4n) is 5.01. The summed E-state index contributed by atoms with van der Waals surface area (Å²) in [7, 11) is -4.26. The van der Waals surface area contributed by atoms with E-state index in [0.717, 1.165) is 22.7 Å². The summed E-state index contributed by atoms with van der Waals surface area (Å²) in [5, 5.41) is 3.94. The molecular weight excluding hydrogens is 665 g/mol. The normalized spacial score (nSPS) is 11.9. The Labute approximate surface area is 286 Å². The van der Waals surface area contributed by atoms with Gasteiger partial charge in [-0.2, -0.15) is 0 Å². The quantitative estimate of drug-likeness (QED) is 0.137. The van der Waals surface area contributed by atoms with Gasteiger partial charge in [-0.3, -0.25) is 13.9 Å². The van der Waals surface area contributed by atoms with Crippen molar-refractivity contribution in [1.29, 1.82) is 0 Å². The van der Waals surface area contributed by atoms with Crippen LogP contribution in [0.3, 0.4) is 0 Å². The number of carbonyl (C=O) groups is 2. The maximum absolute atomic E-state index is 14.6. The zero-order chi connectivity index (χ0) is 33.3. The van der Waals surface area contributed by atoms with E-state index in [0.29, 0.717) is 32.7 Å². The molecule has 0 spiro atoms. The van der Waals surface area contributed by atoms with Gasteiger partial charge in [-0.25, -0.2) is 8.42 Å². The van der Waals surface area contributed by atoms with Gasteiger partial charge in [0.05, 0.1) is 10.6 Å². The number of nitrogens with zero attached hydrogens (tertiary/aromatic N) is 2. The number of halogens is 3. The third-order valence-electron chi connectivity index (χ3n) is 7.61. The van der Waals surface area contributed by atoms with Crippen molar-refractivity contribution in [3.63, 3.8) is 0 Å². The molecule has 0 radical (unpaired) electrons. The number of unbranched alkanes of at least 4 members (excludes halogenated alkanes) is 1. The third kappa shape index (κ3) is 8.62. The third-order valence-corrected chi connectivity index (χ3v) is 10.5. The van der Waals surface area contributed by atoms with Gasteiger partial charge in [0, 0.05) is 40.1 Å². The minimum atomic E-state index is -4.26. The van der Waals surface area contributed by atoms with Crippen LogP contribution in [0.15, 0.2) is 102 Å². The molecule has 2 amide bonds. The van der Waals surface area contributed by atoms with Gasteiger partial charge in [-0.15, -0.1) is 0 Å².